The second-order valence-corrected chi connectivity index (χ2v) is 2.97. The smallest absolute Gasteiger partial charge is 0.347 e. The molecule has 1 aromatic rings. The molecule has 0 fully saturated rings. The summed E-state index contributed by atoms with van der Waals surface area (Å²) in [5.74, 6) is 0. The zero-order chi connectivity index (χ0) is 10.4. The fraction of sp³-hybridized carbons (Fsp3) is 0.625. The first-order chi connectivity index (χ1) is 6.58. The third kappa shape index (κ3) is 4.86. The zero-order valence-corrected chi connectivity index (χ0v) is 7.56. The number of hydrogen-bond donors (Lipinski definition) is 2. The van der Waals surface area contributed by atoms with Crippen molar-refractivity contribution in [3.63, 3.8) is 0 Å². The maximum absolute atomic E-state index is 11.7. The molecular weight excluding hydrogens is 195 g/mol. The van der Waals surface area contributed by atoms with Crippen molar-refractivity contribution in [2.75, 3.05) is 6.54 Å². The van der Waals surface area contributed by atoms with E-state index >= 15 is 0 Å². The summed E-state index contributed by atoms with van der Waals surface area (Å²) < 4.78 is 35.1. The van der Waals surface area contributed by atoms with E-state index in [1.807, 2.05) is 0 Å². The molecule has 0 radical (unpaired) electrons. The van der Waals surface area contributed by atoms with Crippen LogP contribution in [0, 0.1) is 0 Å². The van der Waals surface area contributed by atoms with Gasteiger partial charge >= 0.3 is 6.18 Å². The molecule has 0 aromatic carbocycles. The molecule has 1 rings (SSSR count). The molecule has 0 spiro atoms. The average Bonchev–Trinajstić information content (AvgIpc) is 2.54. The third-order valence-corrected chi connectivity index (χ3v) is 1.68. The Morgan fingerprint density at radius 2 is 2.21 bits per heavy atom. The number of nitrogens with one attached hydrogen (secondary N) is 2. The van der Waals surface area contributed by atoms with Gasteiger partial charge in [0.15, 0.2) is 0 Å². The highest BCUT2D eigenvalue weighted by Gasteiger charge is 2.25. The number of aromatic nitrogens is 2. The molecule has 0 unspecified atom stereocenters. The molecule has 0 aliphatic heterocycles. The summed E-state index contributed by atoms with van der Waals surface area (Å²) in [6.07, 6.45) is -1.50. The van der Waals surface area contributed by atoms with Crippen molar-refractivity contribution in [3.05, 3.63) is 18.2 Å². The summed E-state index contributed by atoms with van der Waals surface area (Å²) in [5, 5.41) is 2.89. The number of alkyl halides is 3. The Morgan fingerprint density at radius 3 is 2.79 bits per heavy atom. The van der Waals surface area contributed by atoms with Crippen molar-refractivity contribution in [2.24, 2.45) is 0 Å². The van der Waals surface area contributed by atoms with Gasteiger partial charge in [0.1, 0.15) is 0 Å². The molecule has 6 heteroatoms. The highest BCUT2D eigenvalue weighted by Crippen LogP contribution is 2.20. The topological polar surface area (TPSA) is 40.7 Å². The monoisotopic (exact) mass is 207 g/mol. The molecule has 0 aliphatic rings. The van der Waals surface area contributed by atoms with Crippen LogP contribution in [-0.4, -0.2) is 22.7 Å². The van der Waals surface area contributed by atoms with E-state index in [0.717, 1.165) is 5.69 Å². The maximum atomic E-state index is 11.7. The first-order valence-electron chi connectivity index (χ1n) is 4.32. The number of nitrogens with zero attached hydrogens (tertiary/aromatic N) is 1. The third-order valence-electron chi connectivity index (χ3n) is 1.68. The van der Waals surface area contributed by atoms with Crippen molar-refractivity contribution in [1.29, 1.82) is 0 Å². The van der Waals surface area contributed by atoms with Crippen molar-refractivity contribution in [3.8, 4) is 0 Å². The molecule has 0 atom stereocenters. The molecule has 0 saturated carbocycles. The van der Waals surface area contributed by atoms with Gasteiger partial charge in [0.2, 0.25) is 0 Å². The van der Waals surface area contributed by atoms with E-state index in [1.165, 1.54) is 6.33 Å². The van der Waals surface area contributed by atoms with Crippen molar-refractivity contribution in [2.45, 2.75) is 25.6 Å². The van der Waals surface area contributed by atoms with Crippen molar-refractivity contribution >= 4 is 0 Å². The fourth-order valence-corrected chi connectivity index (χ4v) is 1.02. The number of hydrogen-bond acceptors (Lipinski definition) is 2. The molecule has 2 N–H and O–H groups in total. The lowest BCUT2D eigenvalue weighted by Gasteiger charge is -2.06. The average molecular weight is 207 g/mol. The normalized spacial score (nSPS) is 11.9. The summed E-state index contributed by atoms with van der Waals surface area (Å²) in [6.45, 7) is 0.885. The minimum absolute atomic E-state index is 0.109. The Hall–Kier alpha value is -1.04. The summed E-state index contributed by atoms with van der Waals surface area (Å²) in [4.78, 5) is 6.63. The summed E-state index contributed by atoms with van der Waals surface area (Å²) in [5.41, 5.74) is 0.872. The zero-order valence-electron chi connectivity index (χ0n) is 7.56. The number of H-pyrrole nitrogens is 1. The standard InChI is InChI=1S/C8H12F3N3/c9-8(10,11)2-1-3-12-4-7-5-13-6-14-7/h5-6,12H,1-4H2,(H,13,14). The molecule has 0 aliphatic carbocycles. The van der Waals surface area contributed by atoms with E-state index in [9.17, 15) is 13.2 Å². The largest absolute Gasteiger partial charge is 0.389 e. The Bertz CT molecular complexity index is 243. The minimum Gasteiger partial charge on any atom is -0.347 e. The van der Waals surface area contributed by atoms with Crippen LogP contribution in [0.4, 0.5) is 13.2 Å². The van der Waals surface area contributed by atoms with Crippen LogP contribution in [0.5, 0.6) is 0 Å². The number of halogens is 3. The van der Waals surface area contributed by atoms with Gasteiger partial charge in [-0.15, -0.1) is 0 Å². The molecule has 1 aromatic heterocycles. The van der Waals surface area contributed by atoms with Gasteiger partial charge in [0.25, 0.3) is 0 Å². The first-order valence-corrected chi connectivity index (χ1v) is 4.32. The lowest BCUT2D eigenvalue weighted by Crippen LogP contribution is -2.17. The van der Waals surface area contributed by atoms with Gasteiger partial charge in [-0.2, -0.15) is 13.2 Å². The van der Waals surface area contributed by atoms with Crippen LogP contribution in [0.2, 0.25) is 0 Å². The van der Waals surface area contributed by atoms with Crippen molar-refractivity contribution < 1.29 is 13.2 Å². The van der Waals surface area contributed by atoms with Gasteiger partial charge in [0.05, 0.1) is 6.33 Å². The van der Waals surface area contributed by atoms with E-state index in [4.69, 9.17) is 0 Å². The summed E-state index contributed by atoms with van der Waals surface area (Å²) in [7, 11) is 0. The van der Waals surface area contributed by atoms with Gasteiger partial charge in [0, 0.05) is 24.9 Å². The molecule has 14 heavy (non-hydrogen) atoms. The quantitative estimate of drug-likeness (QED) is 0.723. The lowest BCUT2D eigenvalue weighted by atomic mass is 10.3. The van der Waals surface area contributed by atoms with E-state index in [-0.39, 0.29) is 6.42 Å². The van der Waals surface area contributed by atoms with Crippen LogP contribution in [0.15, 0.2) is 12.5 Å². The number of aromatic amines is 1. The van der Waals surface area contributed by atoms with Crippen LogP contribution >= 0.6 is 0 Å². The second kappa shape index (κ2) is 4.99. The van der Waals surface area contributed by atoms with Crippen LogP contribution in [-0.2, 0) is 6.54 Å². The maximum Gasteiger partial charge on any atom is 0.389 e. The Kier molecular flexibility index (Phi) is 3.94. The molecule has 0 bridgehead atoms. The first kappa shape index (κ1) is 11.0. The molecular formula is C8H12F3N3. The van der Waals surface area contributed by atoms with Crippen LogP contribution in [0.3, 0.4) is 0 Å². The van der Waals surface area contributed by atoms with Gasteiger partial charge in [-0.3, -0.25) is 0 Å². The van der Waals surface area contributed by atoms with E-state index < -0.39 is 12.6 Å². The lowest BCUT2D eigenvalue weighted by molar-refractivity contribution is -0.135. The molecule has 3 nitrogen and oxygen atoms in total. The Balaban J connectivity index is 2.00. The van der Waals surface area contributed by atoms with E-state index in [2.05, 4.69) is 15.3 Å². The predicted molar refractivity (Wildman–Crippen MR) is 45.6 cm³/mol. The predicted octanol–water partition coefficient (Wildman–Crippen LogP) is 1.84. The fourth-order valence-electron chi connectivity index (χ4n) is 1.02. The molecule has 1 heterocycles. The van der Waals surface area contributed by atoms with Gasteiger partial charge < -0.3 is 10.3 Å². The Morgan fingerprint density at radius 1 is 1.43 bits per heavy atom. The van der Waals surface area contributed by atoms with Gasteiger partial charge in [-0.05, 0) is 13.0 Å². The number of rotatable bonds is 5. The second-order valence-electron chi connectivity index (χ2n) is 2.97. The summed E-state index contributed by atoms with van der Waals surface area (Å²) >= 11 is 0. The van der Waals surface area contributed by atoms with Crippen molar-refractivity contribution in [1.82, 2.24) is 15.3 Å². The highest BCUT2D eigenvalue weighted by molar-refractivity contribution is 4.92. The van der Waals surface area contributed by atoms with Crippen LogP contribution in [0.25, 0.3) is 0 Å². The minimum atomic E-state index is -4.05. The Labute approximate surface area is 79.7 Å². The van der Waals surface area contributed by atoms with E-state index in [0.29, 0.717) is 13.1 Å². The van der Waals surface area contributed by atoms with Gasteiger partial charge in [-0.25, -0.2) is 4.98 Å². The molecule has 80 valence electrons. The van der Waals surface area contributed by atoms with Crippen LogP contribution in [0.1, 0.15) is 18.5 Å². The summed E-state index contributed by atoms with van der Waals surface area (Å²) in [6, 6.07) is 0. The van der Waals surface area contributed by atoms with Gasteiger partial charge in [-0.1, -0.05) is 0 Å². The SMILES string of the molecule is FC(F)(F)CCCNCc1cnc[nH]1. The molecule has 0 amide bonds. The highest BCUT2D eigenvalue weighted by atomic mass is 19.4. The molecule has 0 saturated heterocycles. The van der Waals surface area contributed by atoms with E-state index in [1.54, 1.807) is 6.20 Å². The number of imidazole rings is 1. The van der Waals surface area contributed by atoms with Crippen LogP contribution < -0.4 is 5.32 Å².